The van der Waals surface area contributed by atoms with Crippen molar-refractivity contribution in [3.8, 4) is 0 Å². The van der Waals surface area contributed by atoms with E-state index in [-0.39, 0.29) is 17.5 Å². The van der Waals surface area contributed by atoms with Crippen LogP contribution in [0.3, 0.4) is 0 Å². The maximum Gasteiger partial charge on any atom is 0.274 e. The molecule has 1 heterocycles. The van der Waals surface area contributed by atoms with Crippen LogP contribution in [0.25, 0.3) is 0 Å². The van der Waals surface area contributed by atoms with Crippen molar-refractivity contribution in [2.45, 2.75) is 19.4 Å². The summed E-state index contributed by atoms with van der Waals surface area (Å²) >= 11 is 6.02. The number of rotatable bonds is 4. The summed E-state index contributed by atoms with van der Waals surface area (Å²) in [5.41, 5.74) is 0.551. The molecule has 2 rings (SSSR count). The smallest absolute Gasteiger partial charge is 0.274 e. The lowest BCUT2D eigenvalue weighted by Crippen LogP contribution is -2.45. The van der Waals surface area contributed by atoms with Gasteiger partial charge in [0.05, 0.1) is 5.54 Å². The standard InChI is InChI=1S/C14H15ClN2O2/c1-10-8-12(17-19-10)13(18)16-14(2,9-15)11-6-4-3-5-7-11/h3-8H,9H2,1-2H3,(H,16,18). The maximum atomic E-state index is 12.1. The number of hydrogen-bond acceptors (Lipinski definition) is 3. The number of hydrogen-bond donors (Lipinski definition) is 1. The van der Waals surface area contributed by atoms with Crippen molar-refractivity contribution >= 4 is 17.5 Å². The van der Waals surface area contributed by atoms with E-state index in [2.05, 4.69) is 10.5 Å². The Morgan fingerprint density at radius 3 is 2.63 bits per heavy atom. The summed E-state index contributed by atoms with van der Waals surface area (Å²) in [6.07, 6.45) is 0. The Hall–Kier alpha value is -1.81. The fourth-order valence-corrected chi connectivity index (χ4v) is 2.00. The second-order valence-corrected chi connectivity index (χ2v) is 4.88. The SMILES string of the molecule is Cc1cc(C(=O)NC(C)(CCl)c2ccccc2)no1. The molecule has 5 heteroatoms. The van der Waals surface area contributed by atoms with Crippen molar-refractivity contribution in [2.24, 2.45) is 0 Å². The molecule has 0 saturated carbocycles. The molecule has 19 heavy (non-hydrogen) atoms. The number of carbonyl (C=O) groups excluding carboxylic acids is 1. The predicted molar refractivity (Wildman–Crippen MR) is 73.2 cm³/mol. The molecular weight excluding hydrogens is 264 g/mol. The van der Waals surface area contributed by atoms with E-state index in [1.54, 1.807) is 13.0 Å². The highest BCUT2D eigenvalue weighted by Gasteiger charge is 2.28. The number of nitrogens with one attached hydrogen (secondary N) is 1. The summed E-state index contributed by atoms with van der Waals surface area (Å²) in [6.45, 7) is 3.61. The van der Waals surface area contributed by atoms with Gasteiger partial charge in [0.15, 0.2) is 5.69 Å². The Kier molecular flexibility index (Phi) is 3.90. The van der Waals surface area contributed by atoms with Crippen LogP contribution in [0.15, 0.2) is 40.9 Å². The topological polar surface area (TPSA) is 55.1 Å². The molecule has 1 aromatic heterocycles. The molecule has 1 aromatic carbocycles. The molecule has 4 nitrogen and oxygen atoms in total. The number of aryl methyl sites for hydroxylation is 1. The average molecular weight is 279 g/mol. The van der Waals surface area contributed by atoms with E-state index in [1.165, 1.54) is 0 Å². The van der Waals surface area contributed by atoms with Gasteiger partial charge in [0, 0.05) is 11.9 Å². The fraction of sp³-hybridized carbons (Fsp3) is 0.286. The molecule has 1 atom stereocenters. The van der Waals surface area contributed by atoms with Crippen LogP contribution in [0, 0.1) is 6.92 Å². The number of alkyl halides is 1. The molecule has 1 amide bonds. The number of aromatic nitrogens is 1. The Labute approximate surface area is 116 Å². The minimum atomic E-state index is -0.646. The summed E-state index contributed by atoms with van der Waals surface area (Å²) < 4.78 is 4.90. The quantitative estimate of drug-likeness (QED) is 0.875. The van der Waals surface area contributed by atoms with E-state index >= 15 is 0 Å². The molecular formula is C14H15ClN2O2. The Morgan fingerprint density at radius 1 is 1.42 bits per heavy atom. The zero-order chi connectivity index (χ0) is 13.9. The van der Waals surface area contributed by atoms with Gasteiger partial charge in [-0.05, 0) is 19.4 Å². The summed E-state index contributed by atoms with van der Waals surface area (Å²) in [5.74, 6) is 0.556. The van der Waals surface area contributed by atoms with Crippen LogP contribution in [-0.2, 0) is 5.54 Å². The van der Waals surface area contributed by atoms with Crippen molar-refractivity contribution in [1.82, 2.24) is 10.5 Å². The van der Waals surface area contributed by atoms with Gasteiger partial charge in [-0.25, -0.2) is 0 Å². The first-order valence-corrected chi connectivity index (χ1v) is 6.46. The lowest BCUT2D eigenvalue weighted by Gasteiger charge is -2.28. The van der Waals surface area contributed by atoms with Gasteiger partial charge in [-0.3, -0.25) is 4.79 Å². The van der Waals surface area contributed by atoms with E-state index in [4.69, 9.17) is 16.1 Å². The molecule has 0 fully saturated rings. The van der Waals surface area contributed by atoms with Crippen LogP contribution in [0.2, 0.25) is 0 Å². The zero-order valence-electron chi connectivity index (χ0n) is 10.8. The molecule has 1 unspecified atom stereocenters. The summed E-state index contributed by atoms with van der Waals surface area (Å²) in [4.78, 5) is 12.1. The van der Waals surface area contributed by atoms with Crippen LogP contribution in [0.1, 0.15) is 28.7 Å². The molecule has 100 valence electrons. The highest BCUT2D eigenvalue weighted by atomic mass is 35.5. The van der Waals surface area contributed by atoms with Gasteiger partial charge in [-0.15, -0.1) is 11.6 Å². The van der Waals surface area contributed by atoms with Crippen LogP contribution in [0.4, 0.5) is 0 Å². The van der Waals surface area contributed by atoms with Crippen molar-refractivity contribution in [3.05, 3.63) is 53.4 Å². The third kappa shape index (κ3) is 2.96. The molecule has 0 aliphatic carbocycles. The van der Waals surface area contributed by atoms with E-state index in [0.717, 1.165) is 5.56 Å². The van der Waals surface area contributed by atoms with Crippen molar-refractivity contribution in [2.75, 3.05) is 5.88 Å². The van der Waals surface area contributed by atoms with Gasteiger partial charge >= 0.3 is 0 Å². The lowest BCUT2D eigenvalue weighted by atomic mass is 9.94. The van der Waals surface area contributed by atoms with E-state index in [1.807, 2.05) is 37.3 Å². The number of nitrogens with zero attached hydrogens (tertiary/aromatic N) is 1. The monoisotopic (exact) mass is 278 g/mol. The van der Waals surface area contributed by atoms with Crippen molar-refractivity contribution in [3.63, 3.8) is 0 Å². The minimum Gasteiger partial charge on any atom is -0.361 e. The predicted octanol–water partition coefficient (Wildman–Crippen LogP) is 2.87. The Morgan fingerprint density at radius 2 is 2.11 bits per heavy atom. The van der Waals surface area contributed by atoms with Crippen molar-refractivity contribution < 1.29 is 9.32 Å². The van der Waals surface area contributed by atoms with Crippen LogP contribution in [0.5, 0.6) is 0 Å². The Balaban J connectivity index is 2.22. The molecule has 0 saturated heterocycles. The minimum absolute atomic E-state index is 0.254. The van der Waals surface area contributed by atoms with Gasteiger partial charge in [-0.1, -0.05) is 35.5 Å². The number of halogens is 1. The number of amides is 1. The highest BCUT2D eigenvalue weighted by molar-refractivity contribution is 6.18. The van der Waals surface area contributed by atoms with E-state index in [9.17, 15) is 4.79 Å². The van der Waals surface area contributed by atoms with Gasteiger partial charge < -0.3 is 9.84 Å². The van der Waals surface area contributed by atoms with Gasteiger partial charge in [-0.2, -0.15) is 0 Å². The van der Waals surface area contributed by atoms with Gasteiger partial charge in [0.1, 0.15) is 5.76 Å². The van der Waals surface area contributed by atoms with Gasteiger partial charge in [0.25, 0.3) is 5.91 Å². The molecule has 0 aliphatic rings. The average Bonchev–Trinajstić information content (AvgIpc) is 2.86. The molecule has 2 aromatic rings. The van der Waals surface area contributed by atoms with E-state index in [0.29, 0.717) is 5.76 Å². The molecule has 0 bridgehead atoms. The second-order valence-electron chi connectivity index (χ2n) is 4.61. The fourth-order valence-electron chi connectivity index (χ4n) is 1.78. The van der Waals surface area contributed by atoms with Crippen LogP contribution < -0.4 is 5.32 Å². The van der Waals surface area contributed by atoms with Crippen molar-refractivity contribution in [1.29, 1.82) is 0 Å². The highest BCUT2D eigenvalue weighted by Crippen LogP contribution is 2.22. The first-order valence-electron chi connectivity index (χ1n) is 5.92. The summed E-state index contributed by atoms with van der Waals surface area (Å²) in [7, 11) is 0. The molecule has 0 aliphatic heterocycles. The number of carbonyl (C=O) groups is 1. The third-order valence-electron chi connectivity index (χ3n) is 2.93. The Bertz CT molecular complexity index is 568. The first kappa shape index (κ1) is 13.6. The second kappa shape index (κ2) is 5.45. The molecule has 0 radical (unpaired) electrons. The van der Waals surface area contributed by atoms with Gasteiger partial charge in [0.2, 0.25) is 0 Å². The lowest BCUT2D eigenvalue weighted by molar-refractivity contribution is 0.0904. The maximum absolute atomic E-state index is 12.1. The summed E-state index contributed by atoms with van der Waals surface area (Å²) in [6, 6.07) is 11.2. The zero-order valence-corrected chi connectivity index (χ0v) is 11.6. The van der Waals surface area contributed by atoms with E-state index < -0.39 is 5.54 Å². The first-order chi connectivity index (χ1) is 9.05. The normalized spacial score (nSPS) is 13.8. The van der Waals surface area contributed by atoms with Crippen LogP contribution in [-0.4, -0.2) is 16.9 Å². The third-order valence-corrected chi connectivity index (χ3v) is 3.46. The molecule has 1 N–H and O–H groups in total. The number of benzene rings is 1. The van der Waals surface area contributed by atoms with Crippen LogP contribution >= 0.6 is 11.6 Å². The largest absolute Gasteiger partial charge is 0.361 e. The summed E-state index contributed by atoms with van der Waals surface area (Å²) in [5, 5.41) is 6.59. The molecule has 0 spiro atoms.